The second kappa shape index (κ2) is 16.7. The number of aromatic amines is 2. The van der Waals surface area contributed by atoms with Crippen molar-refractivity contribution in [1.29, 1.82) is 0 Å². The highest BCUT2D eigenvalue weighted by molar-refractivity contribution is 7.47. The fourth-order valence-electron chi connectivity index (χ4n) is 6.33. The molecule has 57 heavy (non-hydrogen) atoms. The van der Waals surface area contributed by atoms with Gasteiger partial charge in [0.15, 0.2) is 6.23 Å². The topological polar surface area (TPSA) is 371 Å². The van der Waals surface area contributed by atoms with Crippen molar-refractivity contribution >= 4 is 21.5 Å². The molecule has 9 N–H and O–H groups in total. The fourth-order valence-corrected chi connectivity index (χ4v) is 8.25. The first-order valence-electron chi connectivity index (χ1n) is 17.0. The monoisotopic (exact) mass is 851 g/mol. The highest BCUT2D eigenvalue weighted by Gasteiger charge is 2.48. The minimum absolute atomic E-state index is 0.0854. The molecule has 314 valence electrons. The van der Waals surface area contributed by atoms with Crippen LogP contribution in [0, 0.1) is 13.8 Å². The number of nitrogen functional groups attached to an aromatic ring is 1. The molecule has 0 saturated carbocycles. The molecule has 28 heteroatoms. The van der Waals surface area contributed by atoms with Gasteiger partial charge in [0.2, 0.25) is 0 Å². The molecule has 0 aliphatic carbocycles. The predicted octanol–water partition coefficient (Wildman–Crippen LogP) is -3.27. The molecule has 0 bridgehead atoms. The van der Waals surface area contributed by atoms with Crippen LogP contribution in [-0.4, -0.2) is 116 Å². The van der Waals surface area contributed by atoms with E-state index in [1.807, 2.05) is 0 Å². The number of aliphatic hydroxyl groups excluding tert-OH is 3. The predicted molar refractivity (Wildman–Crippen MR) is 186 cm³/mol. The van der Waals surface area contributed by atoms with E-state index in [-0.39, 0.29) is 23.4 Å². The number of ether oxygens (including phenoxy) is 3. The van der Waals surface area contributed by atoms with Crippen molar-refractivity contribution in [3.05, 3.63) is 87.9 Å². The minimum atomic E-state index is -5.19. The molecule has 0 spiro atoms. The molecule has 12 atom stereocenters. The lowest BCUT2D eigenvalue weighted by Crippen LogP contribution is -2.36. The van der Waals surface area contributed by atoms with E-state index in [9.17, 15) is 58.2 Å². The van der Waals surface area contributed by atoms with Gasteiger partial charge in [-0.2, -0.15) is 4.98 Å². The molecule has 3 aromatic heterocycles. The van der Waals surface area contributed by atoms with Gasteiger partial charge in [0.1, 0.15) is 61.0 Å². The summed E-state index contributed by atoms with van der Waals surface area (Å²) in [5.41, 5.74) is 1.68. The third kappa shape index (κ3) is 9.50. The van der Waals surface area contributed by atoms with Gasteiger partial charge in [0.25, 0.3) is 11.1 Å². The average molecular weight is 852 g/mol. The second-order valence-electron chi connectivity index (χ2n) is 13.3. The normalized spacial score (nSPS) is 31.0. The van der Waals surface area contributed by atoms with Gasteiger partial charge in [-0.25, -0.2) is 23.5 Å². The molecule has 6 rings (SSSR count). The summed E-state index contributed by atoms with van der Waals surface area (Å²) in [7, 11) is -10.3. The lowest BCUT2D eigenvalue weighted by atomic mass is 10.1. The number of anilines is 1. The Kier molecular flexibility index (Phi) is 12.5. The van der Waals surface area contributed by atoms with Crippen LogP contribution in [0.5, 0.6) is 0 Å². The maximum absolute atomic E-state index is 13.2. The highest BCUT2D eigenvalue weighted by Crippen LogP contribution is 2.51. The molecule has 3 saturated heterocycles. The average Bonchev–Trinajstić information content (AvgIpc) is 3.80. The fraction of sp³-hybridized carbons (Fsp3) is 0.586. The zero-order chi connectivity index (χ0) is 41.6. The number of aliphatic hydroxyl groups is 3. The van der Waals surface area contributed by atoms with Gasteiger partial charge in [-0.3, -0.25) is 51.4 Å². The largest absolute Gasteiger partial charge is 0.472 e. The van der Waals surface area contributed by atoms with Crippen molar-refractivity contribution < 1.29 is 66.5 Å². The number of phosphoric ester groups is 2. The van der Waals surface area contributed by atoms with Gasteiger partial charge in [-0.05, 0) is 19.9 Å². The van der Waals surface area contributed by atoms with Gasteiger partial charge in [-0.1, -0.05) is 0 Å². The van der Waals surface area contributed by atoms with Crippen LogP contribution in [0.25, 0.3) is 0 Å². The van der Waals surface area contributed by atoms with Gasteiger partial charge in [-0.15, -0.1) is 0 Å². The van der Waals surface area contributed by atoms with E-state index in [4.69, 9.17) is 38.0 Å². The highest BCUT2D eigenvalue weighted by atomic mass is 31.2. The standard InChI is InChI=1S/C29H39N7O19P2/c1-12-7-35(28(43)32-24(12)40)20-5-14(16(9-37)51-20)54-56(45,46)49-10-17-15(6-21(52-17)36-8-13(2)25(41)33-29(36)44)55-57(47,48)50-11-18-22(38)23(39)26(53-18)34-4-3-19(30)31-27(34)42/h3-4,7-8,14-18,20-23,26,37-39H,5-6,9-11H2,1-2H3,(H,45,46)(H,47,48)(H2,30,31,42)(H,32,40,43)(H,33,41,44)/t14-,15-,16+,17+,18+,20+,21+,22+,23+,26+/m0/s1. The summed E-state index contributed by atoms with van der Waals surface area (Å²) in [5.74, 6) is -0.121. The SMILES string of the molecule is Cc1cn([C@H]2C[C@H](OP(=O)(O)OC[C@H]3O[C@@H](n4cc(C)c(=O)[nH]c4=O)C[C@@H]3OP(=O)(O)OC[C@H]3O[C@@H](n4ccc(N)nc4=O)[C@H](O)[C@@H]3O)[C@@H](CO)O2)c(=O)[nH]c1=O. The Morgan fingerprint density at radius 2 is 1.28 bits per heavy atom. The summed E-state index contributed by atoms with van der Waals surface area (Å²) in [6.45, 7) is 0.326. The Morgan fingerprint density at radius 1 is 0.789 bits per heavy atom. The van der Waals surface area contributed by atoms with Crippen molar-refractivity contribution in [3.63, 3.8) is 0 Å². The Morgan fingerprint density at radius 3 is 1.79 bits per heavy atom. The molecule has 0 aromatic carbocycles. The molecule has 0 amide bonds. The molecule has 2 unspecified atom stereocenters. The zero-order valence-corrected chi connectivity index (χ0v) is 31.6. The Hall–Kier alpha value is -3.98. The van der Waals surface area contributed by atoms with Crippen molar-refractivity contribution in [2.45, 2.75) is 88.1 Å². The molecule has 0 radical (unpaired) electrons. The summed E-state index contributed by atoms with van der Waals surface area (Å²) >= 11 is 0. The Balaban J connectivity index is 1.14. The number of H-pyrrole nitrogens is 2. The summed E-state index contributed by atoms with van der Waals surface area (Å²) in [6.07, 6.45) is -11.7. The maximum Gasteiger partial charge on any atom is 0.472 e. The second-order valence-corrected chi connectivity index (χ2v) is 16.1. The summed E-state index contributed by atoms with van der Waals surface area (Å²) < 4.78 is 67.0. The quantitative estimate of drug-likeness (QED) is 0.0738. The van der Waals surface area contributed by atoms with E-state index < -0.39 is 131 Å². The van der Waals surface area contributed by atoms with Crippen LogP contribution in [0.15, 0.2) is 48.6 Å². The smallest absolute Gasteiger partial charge is 0.394 e. The number of aromatic nitrogens is 6. The number of hydrogen-bond donors (Lipinski definition) is 8. The van der Waals surface area contributed by atoms with Crippen LogP contribution in [0.1, 0.15) is 42.7 Å². The first kappa shape index (κ1) is 42.6. The number of nitrogens with zero attached hydrogens (tertiary/aromatic N) is 4. The maximum atomic E-state index is 13.2. The van der Waals surface area contributed by atoms with Gasteiger partial charge in [0.05, 0.1) is 19.8 Å². The van der Waals surface area contributed by atoms with Crippen molar-refractivity contribution in [3.8, 4) is 0 Å². The number of hydrogen-bond acceptors (Lipinski definition) is 19. The van der Waals surface area contributed by atoms with E-state index in [0.717, 1.165) is 26.1 Å². The number of nitrogens with one attached hydrogen (secondary N) is 2. The molecule has 3 aromatic rings. The molecule has 6 heterocycles. The van der Waals surface area contributed by atoms with E-state index in [1.165, 1.54) is 26.1 Å². The lowest BCUT2D eigenvalue weighted by Gasteiger charge is -2.24. The molecular weight excluding hydrogens is 812 g/mol. The van der Waals surface area contributed by atoms with Gasteiger partial charge in [0, 0.05) is 42.6 Å². The van der Waals surface area contributed by atoms with E-state index in [1.54, 1.807) is 0 Å². The van der Waals surface area contributed by atoms with E-state index >= 15 is 0 Å². The van der Waals surface area contributed by atoms with Gasteiger partial charge >= 0.3 is 32.7 Å². The van der Waals surface area contributed by atoms with Crippen LogP contribution >= 0.6 is 15.6 Å². The minimum Gasteiger partial charge on any atom is -0.394 e. The van der Waals surface area contributed by atoms with Gasteiger partial charge < -0.3 is 45.1 Å². The van der Waals surface area contributed by atoms with Crippen molar-refractivity contribution in [2.75, 3.05) is 25.6 Å². The van der Waals surface area contributed by atoms with Crippen molar-refractivity contribution in [2.24, 2.45) is 0 Å². The first-order chi connectivity index (χ1) is 26.8. The summed E-state index contributed by atoms with van der Waals surface area (Å²) in [6, 6.07) is 1.23. The first-order valence-corrected chi connectivity index (χ1v) is 20.0. The van der Waals surface area contributed by atoms with Crippen molar-refractivity contribution in [1.82, 2.24) is 28.7 Å². The Labute approximate surface area is 318 Å². The number of aryl methyl sites for hydroxylation is 2. The Bertz CT molecular complexity index is 2360. The number of rotatable bonds is 14. The summed E-state index contributed by atoms with van der Waals surface area (Å²) in [4.78, 5) is 90.2. The lowest BCUT2D eigenvalue weighted by molar-refractivity contribution is -0.0639. The van der Waals surface area contributed by atoms with Crippen LogP contribution in [-0.2, 0) is 41.4 Å². The van der Waals surface area contributed by atoms with Crippen LogP contribution < -0.4 is 33.9 Å². The van der Waals surface area contributed by atoms with Crippen LogP contribution in [0.2, 0.25) is 0 Å². The van der Waals surface area contributed by atoms with E-state index in [0.29, 0.717) is 0 Å². The molecule has 3 aliphatic rings. The molecule has 3 aliphatic heterocycles. The molecular formula is C29H39N7O19P2. The van der Waals surface area contributed by atoms with Crippen LogP contribution in [0.4, 0.5) is 5.82 Å². The van der Waals surface area contributed by atoms with Crippen LogP contribution in [0.3, 0.4) is 0 Å². The zero-order valence-electron chi connectivity index (χ0n) is 29.8. The third-order valence-electron chi connectivity index (χ3n) is 9.26. The molecule has 3 fully saturated rings. The molecule has 26 nitrogen and oxygen atoms in total. The summed E-state index contributed by atoms with van der Waals surface area (Å²) in [5, 5.41) is 30.9. The third-order valence-corrected chi connectivity index (χ3v) is 11.3. The van der Waals surface area contributed by atoms with E-state index in [2.05, 4.69) is 15.0 Å². The number of phosphoric acid groups is 2. The number of nitrogens with two attached hydrogens (primary N) is 1.